The van der Waals surface area contributed by atoms with Crippen LogP contribution in [0.5, 0.6) is 17.2 Å². The van der Waals surface area contributed by atoms with Gasteiger partial charge in [-0.05, 0) is 30.7 Å². The van der Waals surface area contributed by atoms with Crippen molar-refractivity contribution in [2.75, 3.05) is 38.8 Å². The first kappa shape index (κ1) is 25.1. The molecule has 0 bridgehead atoms. The number of anilines is 1. The highest BCUT2D eigenvalue weighted by Gasteiger charge is 2.29. The Morgan fingerprint density at radius 1 is 1.03 bits per heavy atom. The summed E-state index contributed by atoms with van der Waals surface area (Å²) < 4.78 is 44.4. The van der Waals surface area contributed by atoms with Crippen LogP contribution in [0.25, 0.3) is 0 Å². The van der Waals surface area contributed by atoms with Crippen molar-refractivity contribution in [3.05, 3.63) is 46.4 Å². The van der Waals surface area contributed by atoms with Crippen molar-refractivity contribution in [3.8, 4) is 17.2 Å². The van der Waals surface area contributed by atoms with E-state index < -0.39 is 5.92 Å². The van der Waals surface area contributed by atoms with E-state index in [2.05, 4.69) is 15.9 Å². The minimum Gasteiger partial charge on any atom is -0.496 e. The van der Waals surface area contributed by atoms with Crippen LogP contribution in [-0.4, -0.2) is 50.8 Å². The lowest BCUT2D eigenvalue weighted by Crippen LogP contribution is -2.49. The number of urea groups is 1. The van der Waals surface area contributed by atoms with E-state index in [0.29, 0.717) is 42.6 Å². The van der Waals surface area contributed by atoms with Crippen LogP contribution in [0.3, 0.4) is 0 Å². The fourth-order valence-corrected chi connectivity index (χ4v) is 4.00. The molecule has 2 amide bonds. The van der Waals surface area contributed by atoms with Crippen LogP contribution in [0.4, 0.5) is 19.3 Å². The van der Waals surface area contributed by atoms with Gasteiger partial charge in [-0.3, -0.25) is 4.90 Å². The summed E-state index contributed by atoms with van der Waals surface area (Å²) in [6.07, 6.45) is 0.159. The zero-order valence-electron chi connectivity index (χ0n) is 19.1. The Morgan fingerprint density at radius 3 is 2.48 bits per heavy atom. The van der Waals surface area contributed by atoms with E-state index in [-0.39, 0.29) is 25.5 Å². The standard InChI is InChI=1S/C24H29BrF2N2O4/c1-4-24(26,27)10-13-33-22-15-19(8-9-20(22)31-2)29-12-5-11-28(23(29)30)16-17-6-7-18(25)14-21(17)32-3/h6-9,14-15H,4-5,10-13,16H2,1-3H3. The largest absolute Gasteiger partial charge is 0.496 e. The molecule has 180 valence electrons. The molecule has 0 N–H and O–H groups in total. The molecule has 0 saturated carbocycles. The van der Waals surface area contributed by atoms with Gasteiger partial charge in [-0.2, -0.15) is 0 Å². The van der Waals surface area contributed by atoms with Crippen LogP contribution < -0.4 is 19.1 Å². The summed E-state index contributed by atoms with van der Waals surface area (Å²) in [5.74, 6) is -1.30. The summed E-state index contributed by atoms with van der Waals surface area (Å²) in [6.45, 7) is 2.88. The number of benzene rings is 2. The number of carbonyl (C=O) groups excluding carboxylic acids is 1. The third-order valence-corrected chi connectivity index (χ3v) is 6.12. The van der Waals surface area contributed by atoms with E-state index >= 15 is 0 Å². The van der Waals surface area contributed by atoms with Gasteiger partial charge in [0.15, 0.2) is 11.5 Å². The quantitative estimate of drug-likeness (QED) is 0.374. The van der Waals surface area contributed by atoms with Gasteiger partial charge in [-0.25, -0.2) is 13.6 Å². The molecule has 1 heterocycles. The summed E-state index contributed by atoms with van der Waals surface area (Å²) in [5.41, 5.74) is 1.54. The molecule has 0 unspecified atom stereocenters. The first-order valence-corrected chi connectivity index (χ1v) is 11.6. The molecule has 3 rings (SSSR count). The molecule has 0 radical (unpaired) electrons. The zero-order valence-corrected chi connectivity index (χ0v) is 20.7. The number of hydrogen-bond donors (Lipinski definition) is 0. The first-order chi connectivity index (χ1) is 15.8. The highest BCUT2D eigenvalue weighted by Crippen LogP contribution is 2.34. The molecular formula is C24H29BrF2N2O4. The number of rotatable bonds is 10. The fraction of sp³-hybridized carbons (Fsp3) is 0.458. The van der Waals surface area contributed by atoms with Crippen molar-refractivity contribution in [1.29, 1.82) is 0 Å². The normalized spacial score (nSPS) is 14.4. The van der Waals surface area contributed by atoms with Crippen LogP contribution >= 0.6 is 15.9 Å². The molecular weight excluding hydrogens is 498 g/mol. The molecule has 6 nitrogen and oxygen atoms in total. The summed E-state index contributed by atoms with van der Waals surface area (Å²) >= 11 is 3.43. The average Bonchev–Trinajstić information content (AvgIpc) is 2.81. The molecule has 0 spiro atoms. The van der Waals surface area contributed by atoms with Gasteiger partial charge in [0.25, 0.3) is 5.92 Å². The van der Waals surface area contributed by atoms with Crippen molar-refractivity contribution in [3.63, 3.8) is 0 Å². The van der Waals surface area contributed by atoms with Crippen LogP contribution in [0.1, 0.15) is 31.7 Å². The monoisotopic (exact) mass is 526 g/mol. The lowest BCUT2D eigenvalue weighted by molar-refractivity contribution is -0.0220. The Hall–Kier alpha value is -2.55. The maximum atomic E-state index is 13.6. The lowest BCUT2D eigenvalue weighted by Gasteiger charge is -2.36. The number of methoxy groups -OCH3 is 2. The lowest BCUT2D eigenvalue weighted by atomic mass is 10.1. The smallest absolute Gasteiger partial charge is 0.324 e. The minimum absolute atomic E-state index is 0.139. The van der Waals surface area contributed by atoms with Crippen LogP contribution in [0, 0.1) is 0 Å². The van der Waals surface area contributed by atoms with Crippen LogP contribution in [0.15, 0.2) is 40.9 Å². The molecule has 2 aromatic rings. The minimum atomic E-state index is -2.78. The molecule has 1 fully saturated rings. The molecule has 2 aromatic carbocycles. The van der Waals surface area contributed by atoms with Crippen molar-refractivity contribution in [1.82, 2.24) is 4.90 Å². The van der Waals surface area contributed by atoms with E-state index in [1.165, 1.54) is 14.0 Å². The summed E-state index contributed by atoms with van der Waals surface area (Å²) in [5, 5.41) is 0. The number of carbonyl (C=O) groups is 1. The molecule has 1 aliphatic rings. The van der Waals surface area contributed by atoms with E-state index in [9.17, 15) is 13.6 Å². The van der Waals surface area contributed by atoms with Crippen LogP contribution in [0.2, 0.25) is 0 Å². The van der Waals surface area contributed by atoms with Gasteiger partial charge in [0.2, 0.25) is 0 Å². The third kappa shape index (κ3) is 6.28. The molecule has 1 saturated heterocycles. The van der Waals surface area contributed by atoms with E-state index in [4.69, 9.17) is 14.2 Å². The van der Waals surface area contributed by atoms with Gasteiger partial charge in [-0.1, -0.05) is 28.9 Å². The van der Waals surface area contributed by atoms with E-state index in [1.807, 2.05) is 18.2 Å². The maximum absolute atomic E-state index is 13.6. The van der Waals surface area contributed by atoms with Gasteiger partial charge in [-0.15, -0.1) is 0 Å². The summed E-state index contributed by atoms with van der Waals surface area (Å²) in [7, 11) is 3.09. The number of halogens is 3. The SMILES string of the molecule is CCC(F)(F)CCOc1cc(N2CCCN(Cc3ccc(Br)cc3OC)C2=O)ccc1OC. The Kier molecular flexibility index (Phi) is 8.40. The van der Waals surface area contributed by atoms with Gasteiger partial charge in [0, 0.05) is 47.7 Å². The van der Waals surface area contributed by atoms with Crippen molar-refractivity contribution < 1.29 is 27.8 Å². The topological polar surface area (TPSA) is 51.2 Å². The molecule has 0 aliphatic carbocycles. The van der Waals surface area contributed by atoms with Crippen LogP contribution in [-0.2, 0) is 6.54 Å². The molecule has 0 atom stereocenters. The number of nitrogens with zero attached hydrogens (tertiary/aromatic N) is 2. The maximum Gasteiger partial charge on any atom is 0.324 e. The second-order valence-corrected chi connectivity index (χ2v) is 8.72. The zero-order chi connectivity index (χ0) is 24.0. The van der Waals surface area contributed by atoms with E-state index in [1.54, 1.807) is 35.1 Å². The number of alkyl halides is 2. The fourth-order valence-electron chi connectivity index (χ4n) is 3.66. The number of ether oxygens (including phenoxy) is 3. The van der Waals surface area contributed by atoms with Gasteiger partial charge in [0.1, 0.15) is 5.75 Å². The van der Waals surface area contributed by atoms with Crippen molar-refractivity contribution in [2.45, 2.75) is 38.7 Å². The number of hydrogen-bond acceptors (Lipinski definition) is 4. The average molecular weight is 527 g/mol. The highest BCUT2D eigenvalue weighted by molar-refractivity contribution is 9.10. The predicted molar refractivity (Wildman–Crippen MR) is 127 cm³/mol. The highest BCUT2D eigenvalue weighted by atomic mass is 79.9. The molecule has 9 heteroatoms. The third-order valence-electron chi connectivity index (χ3n) is 5.62. The van der Waals surface area contributed by atoms with Crippen molar-refractivity contribution >= 4 is 27.6 Å². The summed E-state index contributed by atoms with van der Waals surface area (Å²) in [4.78, 5) is 16.7. The van der Waals surface area contributed by atoms with Crippen molar-refractivity contribution in [2.24, 2.45) is 0 Å². The molecule has 1 aliphatic heterocycles. The first-order valence-electron chi connectivity index (χ1n) is 10.9. The Balaban J connectivity index is 1.76. The Morgan fingerprint density at radius 2 is 1.79 bits per heavy atom. The van der Waals surface area contributed by atoms with E-state index in [0.717, 1.165) is 16.5 Å². The number of amides is 2. The van der Waals surface area contributed by atoms with Gasteiger partial charge < -0.3 is 19.1 Å². The summed E-state index contributed by atoms with van der Waals surface area (Å²) in [6, 6.07) is 10.7. The second kappa shape index (κ2) is 11.0. The molecule has 0 aromatic heterocycles. The van der Waals surface area contributed by atoms with Gasteiger partial charge >= 0.3 is 6.03 Å². The van der Waals surface area contributed by atoms with Gasteiger partial charge in [0.05, 0.1) is 27.4 Å². The Labute approximate surface area is 201 Å². The Bertz CT molecular complexity index is 973. The second-order valence-electron chi connectivity index (χ2n) is 7.81. The predicted octanol–water partition coefficient (Wildman–Crippen LogP) is 6.11. The molecule has 33 heavy (non-hydrogen) atoms.